The van der Waals surface area contributed by atoms with Crippen molar-refractivity contribution in [3.05, 3.63) is 48.0 Å². The Hall–Kier alpha value is -1.51. The van der Waals surface area contributed by atoms with E-state index in [2.05, 4.69) is 6.08 Å². The summed E-state index contributed by atoms with van der Waals surface area (Å²) in [6.45, 7) is 1.37. The third-order valence-corrected chi connectivity index (χ3v) is 5.91. The molecule has 3 rings (SSSR count). The van der Waals surface area contributed by atoms with Crippen molar-refractivity contribution in [1.82, 2.24) is 0 Å². The summed E-state index contributed by atoms with van der Waals surface area (Å²) in [5.74, 6) is 1.80. The van der Waals surface area contributed by atoms with Crippen LogP contribution < -0.4 is 0 Å². The maximum atomic E-state index is 11.8. The minimum atomic E-state index is -0.240. The molecule has 1 aromatic carbocycles. The van der Waals surface area contributed by atoms with Crippen molar-refractivity contribution in [2.45, 2.75) is 69.3 Å². The van der Waals surface area contributed by atoms with Crippen molar-refractivity contribution in [3.63, 3.8) is 0 Å². The zero-order valence-corrected chi connectivity index (χ0v) is 14.7. The highest BCUT2D eigenvalue weighted by Crippen LogP contribution is 2.48. The first kappa shape index (κ1) is 17.3. The minimum Gasteiger partial charge on any atom is -0.458 e. The van der Waals surface area contributed by atoms with Crippen LogP contribution in [0.25, 0.3) is 0 Å². The second-order valence-electron chi connectivity index (χ2n) is 7.41. The maximum Gasteiger partial charge on any atom is 0.338 e. The predicted octanol–water partition coefficient (Wildman–Crippen LogP) is 5.78. The Bertz CT molecular complexity index is 518. The highest BCUT2D eigenvalue weighted by atomic mass is 16.5. The molecule has 128 valence electrons. The van der Waals surface area contributed by atoms with Crippen LogP contribution in [0.3, 0.4) is 0 Å². The SMILES string of the molecule is O=C(OC/C=C/CCCB1C2CCCC1CCC2)c1ccccc1. The van der Waals surface area contributed by atoms with E-state index in [0.717, 1.165) is 24.8 Å². The lowest BCUT2D eigenvalue weighted by Gasteiger charge is -2.40. The van der Waals surface area contributed by atoms with Crippen LogP contribution in [-0.2, 0) is 4.74 Å². The second-order valence-corrected chi connectivity index (χ2v) is 7.41. The summed E-state index contributed by atoms with van der Waals surface area (Å²) in [6, 6.07) is 9.18. The molecule has 0 unspecified atom stereocenters. The number of hydrogen-bond acceptors (Lipinski definition) is 2. The zero-order chi connectivity index (χ0) is 16.6. The van der Waals surface area contributed by atoms with E-state index in [4.69, 9.17) is 4.74 Å². The van der Waals surface area contributed by atoms with Gasteiger partial charge in [-0.15, -0.1) is 0 Å². The quantitative estimate of drug-likeness (QED) is 0.275. The third-order valence-electron chi connectivity index (χ3n) is 5.91. The Labute approximate surface area is 146 Å². The van der Waals surface area contributed by atoms with Crippen molar-refractivity contribution in [2.24, 2.45) is 0 Å². The molecular weight excluding hydrogens is 295 g/mol. The molecule has 2 saturated heterocycles. The fraction of sp³-hybridized carbons (Fsp3) is 0.571. The molecule has 2 nitrogen and oxygen atoms in total. The van der Waals surface area contributed by atoms with E-state index < -0.39 is 0 Å². The summed E-state index contributed by atoms with van der Waals surface area (Å²) in [4.78, 5) is 11.8. The van der Waals surface area contributed by atoms with E-state index in [1.54, 1.807) is 12.1 Å². The number of carbonyl (C=O) groups is 1. The van der Waals surface area contributed by atoms with E-state index in [0.29, 0.717) is 12.2 Å². The molecule has 2 heterocycles. The van der Waals surface area contributed by atoms with Crippen LogP contribution in [-0.4, -0.2) is 19.3 Å². The molecule has 2 bridgehead atoms. The van der Waals surface area contributed by atoms with Crippen LogP contribution in [0.15, 0.2) is 42.5 Å². The molecule has 1 aromatic rings. The van der Waals surface area contributed by atoms with E-state index >= 15 is 0 Å². The van der Waals surface area contributed by atoms with E-state index in [-0.39, 0.29) is 5.97 Å². The van der Waals surface area contributed by atoms with Gasteiger partial charge in [-0.2, -0.15) is 0 Å². The molecule has 2 aliphatic rings. The smallest absolute Gasteiger partial charge is 0.338 e. The van der Waals surface area contributed by atoms with Gasteiger partial charge in [0, 0.05) is 0 Å². The van der Waals surface area contributed by atoms with E-state index in [1.807, 2.05) is 24.3 Å². The standard InChI is InChI=1S/C21H29BO2/c23-21(18-10-4-3-5-11-18)24-17-7-2-1-6-16-22-19-12-8-13-20(22)15-9-14-19/h2-5,7,10-11,19-20H,1,6,8-9,12-17H2/b7-2+. The first-order valence-electron chi connectivity index (χ1n) is 9.72. The summed E-state index contributed by atoms with van der Waals surface area (Å²) >= 11 is 0. The third kappa shape index (κ3) is 4.75. The van der Waals surface area contributed by atoms with Gasteiger partial charge in [0.15, 0.2) is 0 Å². The Balaban J connectivity index is 1.31. The lowest BCUT2D eigenvalue weighted by Crippen LogP contribution is -2.34. The highest BCUT2D eigenvalue weighted by Gasteiger charge is 2.37. The normalized spacial score (nSPS) is 23.4. The van der Waals surface area contributed by atoms with Gasteiger partial charge in [0.1, 0.15) is 13.3 Å². The van der Waals surface area contributed by atoms with Crippen LogP contribution in [0.1, 0.15) is 61.7 Å². The van der Waals surface area contributed by atoms with Crippen molar-refractivity contribution in [1.29, 1.82) is 0 Å². The van der Waals surface area contributed by atoms with E-state index in [1.165, 1.54) is 51.3 Å². The predicted molar refractivity (Wildman–Crippen MR) is 101 cm³/mol. The summed E-state index contributed by atoms with van der Waals surface area (Å²) in [5, 5.41) is 0. The molecule has 0 aliphatic carbocycles. The number of fused-ring (bicyclic) bond motifs is 2. The van der Waals surface area contributed by atoms with Crippen molar-refractivity contribution in [2.75, 3.05) is 6.61 Å². The average Bonchev–Trinajstić information content (AvgIpc) is 2.61. The van der Waals surface area contributed by atoms with Gasteiger partial charge in [0.2, 0.25) is 0 Å². The molecule has 0 radical (unpaired) electrons. The first-order valence-corrected chi connectivity index (χ1v) is 9.72. The number of esters is 1. The largest absolute Gasteiger partial charge is 0.458 e. The van der Waals surface area contributed by atoms with Crippen LogP contribution in [0.5, 0.6) is 0 Å². The molecule has 2 fully saturated rings. The monoisotopic (exact) mass is 324 g/mol. The summed E-state index contributed by atoms with van der Waals surface area (Å²) in [7, 11) is 0. The van der Waals surface area contributed by atoms with Gasteiger partial charge in [0.05, 0.1) is 5.56 Å². The molecule has 2 aliphatic heterocycles. The highest BCUT2D eigenvalue weighted by molar-refractivity contribution is 6.62. The van der Waals surface area contributed by atoms with Crippen LogP contribution >= 0.6 is 0 Å². The summed E-state index contributed by atoms with van der Waals surface area (Å²) in [6.07, 6.45) is 16.8. The van der Waals surface area contributed by atoms with Gasteiger partial charge in [0.25, 0.3) is 0 Å². The lowest BCUT2D eigenvalue weighted by molar-refractivity contribution is 0.0549. The molecular formula is C21H29BO2. The van der Waals surface area contributed by atoms with Gasteiger partial charge in [-0.05, 0) is 18.6 Å². The first-order chi connectivity index (χ1) is 11.8. The molecule has 0 amide bonds. The fourth-order valence-corrected chi connectivity index (χ4v) is 4.72. The number of unbranched alkanes of at least 4 members (excludes halogenated alkanes) is 1. The molecule has 0 spiro atoms. The Morgan fingerprint density at radius 3 is 2.38 bits per heavy atom. The number of carbonyl (C=O) groups excluding carboxylic acids is 1. The Morgan fingerprint density at radius 2 is 1.71 bits per heavy atom. The summed E-state index contributed by atoms with van der Waals surface area (Å²) in [5.41, 5.74) is 0.620. The van der Waals surface area contributed by atoms with Gasteiger partial charge in [-0.3, -0.25) is 0 Å². The Morgan fingerprint density at radius 1 is 1.04 bits per heavy atom. The van der Waals surface area contributed by atoms with Gasteiger partial charge >= 0.3 is 5.97 Å². The number of rotatable bonds is 7. The minimum absolute atomic E-state index is 0.240. The lowest BCUT2D eigenvalue weighted by atomic mass is 9.26. The van der Waals surface area contributed by atoms with Crippen molar-refractivity contribution < 1.29 is 9.53 Å². The van der Waals surface area contributed by atoms with Gasteiger partial charge in [-0.25, -0.2) is 4.79 Å². The molecule has 3 heteroatoms. The topological polar surface area (TPSA) is 26.3 Å². The molecule has 24 heavy (non-hydrogen) atoms. The molecule has 0 saturated carbocycles. The van der Waals surface area contributed by atoms with Crippen LogP contribution in [0.4, 0.5) is 0 Å². The molecule has 0 aromatic heterocycles. The Kier molecular flexibility index (Phi) is 6.57. The molecule has 0 N–H and O–H groups in total. The fourth-order valence-electron chi connectivity index (χ4n) is 4.72. The molecule has 0 atom stereocenters. The number of benzene rings is 1. The number of hydrogen-bond donors (Lipinski definition) is 0. The second kappa shape index (κ2) is 9.10. The van der Waals surface area contributed by atoms with Crippen LogP contribution in [0, 0.1) is 0 Å². The van der Waals surface area contributed by atoms with Crippen LogP contribution in [0.2, 0.25) is 18.0 Å². The summed E-state index contributed by atoms with van der Waals surface area (Å²) < 4.78 is 5.26. The number of ether oxygens (including phenoxy) is 1. The maximum absolute atomic E-state index is 11.8. The van der Waals surface area contributed by atoms with Gasteiger partial charge < -0.3 is 4.74 Å². The van der Waals surface area contributed by atoms with Crippen molar-refractivity contribution in [3.8, 4) is 0 Å². The average molecular weight is 324 g/mol. The van der Waals surface area contributed by atoms with Gasteiger partial charge in [-0.1, -0.05) is 93.3 Å². The number of allylic oxidation sites excluding steroid dienone is 1. The van der Waals surface area contributed by atoms with Crippen molar-refractivity contribution >= 4 is 12.7 Å². The zero-order valence-electron chi connectivity index (χ0n) is 14.7. The van der Waals surface area contributed by atoms with E-state index in [9.17, 15) is 4.79 Å².